The number of hydrogen-bond donors (Lipinski definition) is 1. The van der Waals surface area contributed by atoms with Crippen LogP contribution in [0.15, 0.2) is 150 Å². The monoisotopic (exact) mass is 788 g/mol. The fourth-order valence-electron chi connectivity index (χ4n) is 9.83. The summed E-state index contributed by atoms with van der Waals surface area (Å²) in [7, 11) is 0. The average molecular weight is 789 g/mol. The molecule has 0 amide bonds. The fraction of sp³-hybridized carbons (Fsp3) is 0.161. The first-order valence-electron chi connectivity index (χ1n) is 21.3. The molecule has 12 rings (SSSR count). The van der Waals surface area contributed by atoms with Crippen LogP contribution in [0.4, 0.5) is 0 Å². The first kappa shape index (κ1) is 35.8. The van der Waals surface area contributed by atoms with Crippen LogP contribution in [-0.2, 0) is 17.4 Å². The molecule has 5 heteroatoms. The number of fused-ring (bicyclic) bond motifs is 11. The van der Waals surface area contributed by atoms with E-state index in [1.807, 2.05) is 6.07 Å². The number of allylic oxidation sites excluding steroid dienone is 2. The van der Waals surface area contributed by atoms with Gasteiger partial charge in [-0.3, -0.25) is 0 Å². The van der Waals surface area contributed by atoms with Crippen molar-refractivity contribution in [1.29, 1.82) is 0 Å². The Morgan fingerprint density at radius 2 is 1.07 bits per heavy atom. The van der Waals surface area contributed by atoms with Crippen LogP contribution >= 0.6 is 0 Å². The highest BCUT2D eigenvalue weighted by molar-refractivity contribution is 6.17. The first-order valence-corrected chi connectivity index (χ1v) is 21.3. The summed E-state index contributed by atoms with van der Waals surface area (Å²) in [6.45, 7) is 14.2. The Morgan fingerprint density at radius 1 is 0.525 bits per heavy atom. The highest BCUT2D eigenvalue weighted by atomic mass is 16.3. The second-order valence-corrected chi connectivity index (χ2v) is 19.0. The molecular formula is C56H44N4O. The zero-order valence-corrected chi connectivity index (χ0v) is 35.2. The number of phenolic OH excluding ortho intramolecular Hbond substituents is 1. The van der Waals surface area contributed by atoms with E-state index in [0.29, 0.717) is 29.1 Å². The van der Waals surface area contributed by atoms with Gasteiger partial charge in [0.05, 0.1) is 39.5 Å². The quantitative estimate of drug-likeness (QED) is 0.133. The summed E-state index contributed by atoms with van der Waals surface area (Å²) in [5.74, 6) is 0.163. The Balaban J connectivity index is 1.25. The molecule has 3 aliphatic heterocycles. The van der Waals surface area contributed by atoms with E-state index in [1.54, 1.807) is 0 Å². The minimum absolute atomic E-state index is 0.0989. The summed E-state index contributed by atoms with van der Waals surface area (Å²) >= 11 is 0. The molecule has 0 unspecified atom stereocenters. The first-order chi connectivity index (χ1) is 29.4. The van der Waals surface area contributed by atoms with Crippen molar-refractivity contribution in [2.24, 2.45) is 4.99 Å². The Hall–Kier alpha value is -7.11. The number of benzene rings is 6. The lowest BCUT2D eigenvalue weighted by atomic mass is 9.82. The van der Waals surface area contributed by atoms with Gasteiger partial charge in [-0.1, -0.05) is 114 Å². The van der Waals surface area contributed by atoms with Crippen LogP contribution in [-0.4, -0.2) is 25.4 Å². The zero-order valence-electron chi connectivity index (χ0n) is 35.2. The summed E-state index contributed by atoms with van der Waals surface area (Å²) in [5, 5.41) is 19.2. The Bertz CT molecular complexity index is 3470. The number of hydrogen-bond acceptors (Lipinski definition) is 4. The van der Waals surface area contributed by atoms with Gasteiger partial charge in [-0.25, -0.2) is 15.0 Å². The van der Waals surface area contributed by atoms with Gasteiger partial charge in [0.2, 0.25) is 0 Å². The zero-order chi connectivity index (χ0) is 41.5. The van der Waals surface area contributed by atoms with Crippen molar-refractivity contribution in [3.8, 4) is 39.5 Å². The van der Waals surface area contributed by atoms with Gasteiger partial charge in [-0.15, -0.1) is 0 Å². The number of rotatable bonds is 1. The Morgan fingerprint density at radius 3 is 1.70 bits per heavy atom. The molecule has 1 N–H and O–H groups in total. The van der Waals surface area contributed by atoms with Gasteiger partial charge in [0.25, 0.3) is 0 Å². The highest BCUT2D eigenvalue weighted by Crippen LogP contribution is 2.48. The van der Waals surface area contributed by atoms with Gasteiger partial charge >= 0.3 is 0 Å². The Labute approximate surface area is 355 Å². The lowest BCUT2D eigenvalue weighted by Gasteiger charge is -2.23. The standard InChI is InChI=1S/C56H44N4O/c1-55(2,3)35-26-39-43-30-60-48(40(43)27-35)23-24-49(60)51(50-37-13-9-7-11-33(37)25-34-12-8-10-14-38(34)50)47-22-21-45(57-47)41-28-36(56(4,5)6)29-42(54(41)61)46-20-18-32-16-15-31-17-19-44(39)58-52(31)53(32)59-46/h7-29,61H,30H2,1-6H3. The van der Waals surface area contributed by atoms with E-state index < -0.39 is 0 Å². The molecule has 9 aromatic rings. The van der Waals surface area contributed by atoms with Crippen molar-refractivity contribution >= 4 is 54.6 Å². The molecule has 3 aromatic heterocycles. The van der Waals surface area contributed by atoms with Gasteiger partial charge in [-0.2, -0.15) is 0 Å². The summed E-state index contributed by atoms with van der Waals surface area (Å²) in [4.78, 5) is 16.4. The summed E-state index contributed by atoms with van der Waals surface area (Å²) in [6, 6.07) is 46.0. The molecule has 0 saturated carbocycles. The molecule has 0 atom stereocenters. The van der Waals surface area contributed by atoms with Gasteiger partial charge < -0.3 is 9.67 Å². The molecule has 10 bridgehead atoms. The molecule has 0 saturated heterocycles. The predicted octanol–water partition coefficient (Wildman–Crippen LogP) is 13.7. The van der Waals surface area contributed by atoms with E-state index in [9.17, 15) is 5.11 Å². The van der Waals surface area contributed by atoms with Gasteiger partial charge in [0.1, 0.15) is 5.75 Å². The number of phenols is 1. The van der Waals surface area contributed by atoms with Crippen LogP contribution in [0.1, 0.15) is 75.1 Å². The minimum Gasteiger partial charge on any atom is -0.507 e. The third kappa shape index (κ3) is 5.36. The largest absolute Gasteiger partial charge is 0.507 e. The van der Waals surface area contributed by atoms with Crippen molar-refractivity contribution < 1.29 is 5.11 Å². The number of aliphatic imine (C=N–C) groups is 1. The molecule has 6 heterocycles. The molecular weight excluding hydrogens is 745 g/mol. The maximum Gasteiger partial charge on any atom is 0.134 e. The summed E-state index contributed by atoms with van der Waals surface area (Å²) in [5.41, 5.74) is 16.4. The minimum atomic E-state index is -0.216. The van der Waals surface area contributed by atoms with E-state index in [2.05, 4.69) is 180 Å². The molecule has 0 spiro atoms. The lowest BCUT2D eigenvalue weighted by molar-refractivity contribution is 0.475. The summed E-state index contributed by atoms with van der Waals surface area (Å²) in [6.07, 6.45) is 4.22. The average Bonchev–Trinajstić information content (AvgIpc) is 3.99. The molecule has 0 radical (unpaired) electrons. The third-order valence-corrected chi connectivity index (χ3v) is 13.2. The third-order valence-electron chi connectivity index (χ3n) is 13.2. The van der Waals surface area contributed by atoms with Gasteiger partial charge in [0.15, 0.2) is 0 Å². The van der Waals surface area contributed by atoms with E-state index in [4.69, 9.17) is 15.0 Å². The van der Waals surface area contributed by atoms with Crippen LogP contribution in [0, 0.1) is 0 Å². The Kier molecular flexibility index (Phi) is 7.32. The topological polar surface area (TPSA) is 63.3 Å². The molecule has 0 fully saturated rings. The SMILES string of the molecule is CC(C)(C)c1cc2c(O)c(c1)-c1ccc3ccc4ccc(nc4c3n1)-c1cc(C(C)(C)C)cc3c1Cn1c(ccc1-3)C(c1c3ccccc3cc3ccccc13)=C1C=CC2=N1. The van der Waals surface area contributed by atoms with E-state index in [1.165, 1.54) is 43.9 Å². The number of pyridine rings is 2. The van der Waals surface area contributed by atoms with Crippen molar-refractivity contribution in [3.63, 3.8) is 0 Å². The number of aromatic nitrogens is 3. The second kappa shape index (κ2) is 12.5. The van der Waals surface area contributed by atoms with E-state index >= 15 is 0 Å². The van der Waals surface area contributed by atoms with Crippen molar-refractivity contribution in [3.05, 3.63) is 179 Å². The molecule has 6 aromatic carbocycles. The van der Waals surface area contributed by atoms with Crippen molar-refractivity contribution in [1.82, 2.24) is 14.5 Å². The number of aromatic hydroxyl groups is 1. The highest BCUT2D eigenvalue weighted by Gasteiger charge is 2.32. The molecule has 0 aliphatic carbocycles. The van der Waals surface area contributed by atoms with Crippen LogP contribution < -0.4 is 0 Å². The lowest BCUT2D eigenvalue weighted by Crippen LogP contribution is -2.13. The maximum absolute atomic E-state index is 12.4. The van der Waals surface area contributed by atoms with Crippen LogP contribution in [0.3, 0.4) is 0 Å². The molecule has 3 aliphatic rings. The predicted molar refractivity (Wildman–Crippen MR) is 253 cm³/mol. The normalized spacial score (nSPS) is 14.4. The molecule has 61 heavy (non-hydrogen) atoms. The smallest absolute Gasteiger partial charge is 0.134 e. The van der Waals surface area contributed by atoms with Crippen molar-refractivity contribution in [2.75, 3.05) is 0 Å². The second-order valence-electron chi connectivity index (χ2n) is 19.0. The van der Waals surface area contributed by atoms with Crippen LogP contribution in [0.5, 0.6) is 5.75 Å². The summed E-state index contributed by atoms with van der Waals surface area (Å²) < 4.78 is 2.49. The van der Waals surface area contributed by atoms with E-state index in [-0.39, 0.29) is 16.6 Å². The van der Waals surface area contributed by atoms with E-state index in [0.717, 1.165) is 61.2 Å². The maximum atomic E-state index is 12.4. The van der Waals surface area contributed by atoms with Crippen LogP contribution in [0.25, 0.3) is 82.7 Å². The van der Waals surface area contributed by atoms with Crippen LogP contribution in [0.2, 0.25) is 0 Å². The van der Waals surface area contributed by atoms with Gasteiger partial charge in [-0.05, 0) is 116 Å². The van der Waals surface area contributed by atoms with Crippen molar-refractivity contribution in [2.45, 2.75) is 58.9 Å². The fourth-order valence-corrected chi connectivity index (χ4v) is 9.83. The number of nitrogens with zero attached hydrogens (tertiary/aromatic N) is 4. The molecule has 294 valence electrons. The van der Waals surface area contributed by atoms with Gasteiger partial charge in [0, 0.05) is 56.4 Å². The molecule has 5 nitrogen and oxygen atoms in total.